The van der Waals surface area contributed by atoms with Gasteiger partial charge in [0.25, 0.3) is 0 Å². The summed E-state index contributed by atoms with van der Waals surface area (Å²) in [5.74, 6) is -0.246. The summed E-state index contributed by atoms with van der Waals surface area (Å²) in [6, 6.07) is 10.2. The molecule has 0 aliphatic carbocycles. The van der Waals surface area contributed by atoms with E-state index in [2.05, 4.69) is 9.88 Å². The summed E-state index contributed by atoms with van der Waals surface area (Å²) in [6.07, 6.45) is 3.55. The van der Waals surface area contributed by atoms with Crippen LogP contribution in [0.4, 0.5) is 4.39 Å². The molecular formula is C15H18FN3. The molecule has 2 aromatic rings. The molecule has 19 heavy (non-hydrogen) atoms. The van der Waals surface area contributed by atoms with E-state index in [0.717, 1.165) is 12.1 Å². The molecule has 2 N–H and O–H groups in total. The molecule has 3 nitrogen and oxygen atoms in total. The van der Waals surface area contributed by atoms with Crippen molar-refractivity contribution in [1.82, 2.24) is 9.88 Å². The van der Waals surface area contributed by atoms with Gasteiger partial charge in [0.05, 0.1) is 0 Å². The van der Waals surface area contributed by atoms with E-state index < -0.39 is 0 Å². The maximum Gasteiger partial charge on any atom is 0.123 e. The molecular weight excluding hydrogens is 241 g/mol. The third-order valence-corrected chi connectivity index (χ3v) is 2.99. The minimum Gasteiger partial charge on any atom is -0.323 e. The summed E-state index contributed by atoms with van der Waals surface area (Å²) in [6.45, 7) is 1.47. The van der Waals surface area contributed by atoms with Crippen LogP contribution in [-0.2, 0) is 6.54 Å². The van der Waals surface area contributed by atoms with Crippen LogP contribution in [0.15, 0.2) is 48.8 Å². The zero-order chi connectivity index (χ0) is 13.7. The number of rotatable bonds is 5. The SMILES string of the molecule is CN(Cc1ccncc1)CC(N)c1cccc(F)c1. The molecule has 100 valence electrons. The second-order valence-electron chi connectivity index (χ2n) is 4.71. The highest BCUT2D eigenvalue weighted by atomic mass is 19.1. The molecule has 0 aliphatic heterocycles. The largest absolute Gasteiger partial charge is 0.323 e. The van der Waals surface area contributed by atoms with Crippen LogP contribution in [0.2, 0.25) is 0 Å². The minimum absolute atomic E-state index is 0.192. The van der Waals surface area contributed by atoms with E-state index in [1.807, 2.05) is 25.2 Å². The molecule has 0 saturated carbocycles. The maximum absolute atomic E-state index is 13.1. The third kappa shape index (κ3) is 4.12. The number of benzene rings is 1. The Morgan fingerprint density at radius 3 is 2.68 bits per heavy atom. The van der Waals surface area contributed by atoms with E-state index in [1.54, 1.807) is 18.5 Å². The molecule has 1 atom stereocenters. The van der Waals surface area contributed by atoms with Crippen molar-refractivity contribution in [3.05, 3.63) is 65.7 Å². The number of likely N-dealkylation sites (N-methyl/N-ethyl adjacent to an activating group) is 1. The Bertz CT molecular complexity index is 516. The fraction of sp³-hybridized carbons (Fsp3) is 0.267. The molecule has 1 aromatic heterocycles. The Morgan fingerprint density at radius 2 is 2.00 bits per heavy atom. The Labute approximate surface area is 112 Å². The zero-order valence-corrected chi connectivity index (χ0v) is 11.0. The fourth-order valence-corrected chi connectivity index (χ4v) is 2.04. The number of hydrogen-bond acceptors (Lipinski definition) is 3. The number of nitrogens with two attached hydrogens (primary N) is 1. The first-order valence-electron chi connectivity index (χ1n) is 6.23. The first kappa shape index (κ1) is 13.6. The van der Waals surface area contributed by atoms with Crippen molar-refractivity contribution in [2.75, 3.05) is 13.6 Å². The maximum atomic E-state index is 13.1. The monoisotopic (exact) mass is 259 g/mol. The van der Waals surface area contributed by atoms with Gasteiger partial charge in [0.15, 0.2) is 0 Å². The van der Waals surface area contributed by atoms with Crippen molar-refractivity contribution in [2.24, 2.45) is 5.73 Å². The van der Waals surface area contributed by atoms with E-state index in [9.17, 15) is 4.39 Å². The number of nitrogens with zero attached hydrogens (tertiary/aromatic N) is 2. The smallest absolute Gasteiger partial charge is 0.123 e. The molecule has 0 aliphatic rings. The van der Waals surface area contributed by atoms with Crippen LogP contribution < -0.4 is 5.73 Å². The molecule has 0 fully saturated rings. The van der Waals surface area contributed by atoms with Gasteiger partial charge in [0.2, 0.25) is 0 Å². The van der Waals surface area contributed by atoms with Crippen LogP contribution in [0.3, 0.4) is 0 Å². The summed E-state index contributed by atoms with van der Waals surface area (Å²) in [5.41, 5.74) is 8.10. The molecule has 0 bridgehead atoms. The minimum atomic E-state index is -0.246. The Kier molecular flexibility index (Phi) is 4.60. The summed E-state index contributed by atoms with van der Waals surface area (Å²) >= 11 is 0. The van der Waals surface area contributed by atoms with Crippen molar-refractivity contribution in [1.29, 1.82) is 0 Å². The van der Waals surface area contributed by atoms with Crippen molar-refractivity contribution < 1.29 is 4.39 Å². The lowest BCUT2D eigenvalue weighted by atomic mass is 10.1. The first-order valence-corrected chi connectivity index (χ1v) is 6.23. The topological polar surface area (TPSA) is 42.2 Å². The average Bonchev–Trinajstić information content (AvgIpc) is 2.39. The Balaban J connectivity index is 1.93. The highest BCUT2D eigenvalue weighted by Crippen LogP contribution is 2.13. The van der Waals surface area contributed by atoms with Crippen LogP contribution in [0.5, 0.6) is 0 Å². The van der Waals surface area contributed by atoms with Gasteiger partial charge >= 0.3 is 0 Å². The fourth-order valence-electron chi connectivity index (χ4n) is 2.04. The number of aromatic nitrogens is 1. The van der Waals surface area contributed by atoms with Gasteiger partial charge in [0.1, 0.15) is 5.82 Å². The average molecular weight is 259 g/mol. The van der Waals surface area contributed by atoms with Gasteiger partial charge in [0, 0.05) is 31.5 Å². The van der Waals surface area contributed by atoms with Gasteiger partial charge in [-0.25, -0.2) is 4.39 Å². The molecule has 4 heteroatoms. The highest BCUT2D eigenvalue weighted by molar-refractivity contribution is 5.20. The summed E-state index contributed by atoms with van der Waals surface area (Å²) in [7, 11) is 2.00. The molecule has 0 spiro atoms. The van der Waals surface area contributed by atoms with Crippen LogP contribution >= 0.6 is 0 Å². The van der Waals surface area contributed by atoms with Gasteiger partial charge in [-0.1, -0.05) is 12.1 Å². The second-order valence-corrected chi connectivity index (χ2v) is 4.71. The van der Waals surface area contributed by atoms with Gasteiger partial charge < -0.3 is 10.6 Å². The number of hydrogen-bond donors (Lipinski definition) is 1. The van der Waals surface area contributed by atoms with E-state index in [0.29, 0.717) is 6.54 Å². The third-order valence-electron chi connectivity index (χ3n) is 2.99. The van der Waals surface area contributed by atoms with Gasteiger partial charge in [-0.05, 0) is 42.4 Å². The normalized spacial score (nSPS) is 12.6. The lowest BCUT2D eigenvalue weighted by Gasteiger charge is -2.21. The predicted molar refractivity (Wildman–Crippen MR) is 73.9 cm³/mol. The van der Waals surface area contributed by atoms with Crippen LogP contribution in [0.1, 0.15) is 17.2 Å². The second kappa shape index (κ2) is 6.41. The molecule has 2 rings (SSSR count). The zero-order valence-electron chi connectivity index (χ0n) is 11.0. The standard InChI is InChI=1S/C15H18FN3/c1-19(10-12-5-7-18-8-6-12)11-15(17)13-3-2-4-14(16)9-13/h2-9,15H,10-11,17H2,1H3. The first-order chi connectivity index (χ1) is 9.15. The molecule has 1 heterocycles. The molecule has 0 saturated heterocycles. The van der Waals surface area contributed by atoms with Crippen LogP contribution in [0, 0.1) is 5.82 Å². The molecule has 0 radical (unpaired) electrons. The van der Waals surface area contributed by atoms with Crippen molar-refractivity contribution >= 4 is 0 Å². The van der Waals surface area contributed by atoms with Gasteiger partial charge in [-0.3, -0.25) is 4.98 Å². The highest BCUT2D eigenvalue weighted by Gasteiger charge is 2.10. The van der Waals surface area contributed by atoms with E-state index >= 15 is 0 Å². The van der Waals surface area contributed by atoms with E-state index in [4.69, 9.17) is 5.73 Å². The van der Waals surface area contributed by atoms with Crippen LogP contribution in [-0.4, -0.2) is 23.5 Å². The summed E-state index contributed by atoms with van der Waals surface area (Å²) < 4.78 is 13.1. The van der Waals surface area contributed by atoms with E-state index in [1.165, 1.54) is 17.7 Å². The number of halogens is 1. The molecule has 1 aromatic carbocycles. The summed E-state index contributed by atoms with van der Waals surface area (Å²) in [5, 5.41) is 0. The quantitative estimate of drug-likeness (QED) is 0.896. The van der Waals surface area contributed by atoms with Crippen LogP contribution in [0.25, 0.3) is 0 Å². The van der Waals surface area contributed by atoms with E-state index in [-0.39, 0.29) is 11.9 Å². The Hall–Kier alpha value is -1.78. The Morgan fingerprint density at radius 1 is 1.26 bits per heavy atom. The van der Waals surface area contributed by atoms with Gasteiger partial charge in [-0.15, -0.1) is 0 Å². The molecule has 0 amide bonds. The van der Waals surface area contributed by atoms with Crippen molar-refractivity contribution in [3.8, 4) is 0 Å². The summed E-state index contributed by atoms with van der Waals surface area (Å²) in [4.78, 5) is 6.10. The lowest BCUT2D eigenvalue weighted by Crippen LogP contribution is -2.28. The lowest BCUT2D eigenvalue weighted by molar-refractivity contribution is 0.305. The predicted octanol–water partition coefficient (Wildman–Crippen LogP) is 2.35. The number of pyridine rings is 1. The van der Waals surface area contributed by atoms with Crippen molar-refractivity contribution in [3.63, 3.8) is 0 Å². The molecule has 1 unspecified atom stereocenters. The van der Waals surface area contributed by atoms with Crippen molar-refractivity contribution in [2.45, 2.75) is 12.6 Å². The van der Waals surface area contributed by atoms with Gasteiger partial charge in [-0.2, -0.15) is 0 Å².